The molecule has 0 spiro atoms. The summed E-state index contributed by atoms with van der Waals surface area (Å²) in [6.07, 6.45) is -0.738. The maximum absolute atomic E-state index is 12.2. The van der Waals surface area contributed by atoms with Crippen molar-refractivity contribution in [2.24, 2.45) is 0 Å². The van der Waals surface area contributed by atoms with Crippen LogP contribution in [0, 0.1) is 0 Å². The second-order valence-electron chi connectivity index (χ2n) is 5.16. The molecule has 1 aromatic carbocycles. The van der Waals surface area contributed by atoms with Crippen LogP contribution in [0.15, 0.2) is 24.3 Å². The van der Waals surface area contributed by atoms with Crippen LogP contribution in [-0.4, -0.2) is 61.3 Å². The van der Waals surface area contributed by atoms with E-state index in [1.54, 1.807) is 36.1 Å². The minimum atomic E-state index is -0.738. The number of nitrogens with one attached hydrogen (secondary N) is 1. The number of rotatable bonds is 4. The van der Waals surface area contributed by atoms with Crippen molar-refractivity contribution < 1.29 is 19.1 Å². The monoisotopic (exact) mass is 321 g/mol. The first-order valence-corrected chi connectivity index (χ1v) is 7.85. The summed E-state index contributed by atoms with van der Waals surface area (Å²) in [4.78, 5) is 27.5. The van der Waals surface area contributed by atoms with E-state index in [1.165, 1.54) is 0 Å². The largest absolute Gasteiger partial charge is 0.513 e. The Bertz CT molecular complexity index is 525. The van der Waals surface area contributed by atoms with Gasteiger partial charge in [0, 0.05) is 31.9 Å². The Hall–Kier alpha value is -2.28. The van der Waals surface area contributed by atoms with Crippen LogP contribution in [0.3, 0.4) is 0 Å². The van der Waals surface area contributed by atoms with Gasteiger partial charge in [0.2, 0.25) is 0 Å². The summed E-state index contributed by atoms with van der Waals surface area (Å²) in [6, 6.07) is 6.49. The summed E-state index contributed by atoms with van der Waals surface area (Å²) in [5.41, 5.74) is 0.657. The lowest BCUT2D eigenvalue weighted by Crippen LogP contribution is -2.49. The molecular formula is C16H23N3O4. The van der Waals surface area contributed by atoms with Gasteiger partial charge in [-0.3, -0.25) is 0 Å². The molecule has 7 heteroatoms. The SMILES string of the molecule is CCOC(=O)Oc1ccc(NC(=O)N2CCN(CC)CC2)cc1. The average Bonchev–Trinajstić information content (AvgIpc) is 2.57. The highest BCUT2D eigenvalue weighted by molar-refractivity contribution is 5.89. The normalized spacial score (nSPS) is 15.1. The molecule has 2 amide bonds. The number of likely N-dealkylation sites (N-methyl/N-ethyl adjacent to an activating group) is 1. The van der Waals surface area contributed by atoms with Gasteiger partial charge in [0.1, 0.15) is 5.75 Å². The number of ether oxygens (including phenoxy) is 2. The van der Waals surface area contributed by atoms with E-state index >= 15 is 0 Å². The zero-order valence-corrected chi connectivity index (χ0v) is 13.6. The Balaban J connectivity index is 1.83. The molecule has 1 aliphatic rings. The quantitative estimate of drug-likeness (QED) is 0.681. The van der Waals surface area contributed by atoms with E-state index in [4.69, 9.17) is 9.47 Å². The highest BCUT2D eigenvalue weighted by Crippen LogP contribution is 2.17. The third kappa shape index (κ3) is 5.14. The summed E-state index contributed by atoms with van der Waals surface area (Å²) < 4.78 is 9.66. The molecule has 0 unspecified atom stereocenters. The third-order valence-corrected chi connectivity index (χ3v) is 3.68. The van der Waals surface area contributed by atoms with Gasteiger partial charge in [0.25, 0.3) is 0 Å². The van der Waals surface area contributed by atoms with Gasteiger partial charge in [-0.15, -0.1) is 0 Å². The number of carbonyl (C=O) groups is 2. The fourth-order valence-corrected chi connectivity index (χ4v) is 2.32. The summed E-state index contributed by atoms with van der Waals surface area (Å²) >= 11 is 0. The van der Waals surface area contributed by atoms with Crippen LogP contribution in [0.5, 0.6) is 5.75 Å². The fourth-order valence-electron chi connectivity index (χ4n) is 2.32. The van der Waals surface area contributed by atoms with Crippen LogP contribution in [0.2, 0.25) is 0 Å². The second-order valence-corrected chi connectivity index (χ2v) is 5.16. The van der Waals surface area contributed by atoms with Crippen LogP contribution in [0.1, 0.15) is 13.8 Å². The molecule has 1 fully saturated rings. The molecule has 1 N–H and O–H groups in total. The Kier molecular flexibility index (Phi) is 6.22. The Morgan fingerprint density at radius 3 is 2.30 bits per heavy atom. The van der Waals surface area contributed by atoms with Gasteiger partial charge < -0.3 is 24.6 Å². The van der Waals surface area contributed by atoms with Gasteiger partial charge in [-0.05, 0) is 37.7 Å². The molecule has 1 aromatic rings. The number of hydrogen-bond donors (Lipinski definition) is 1. The lowest BCUT2D eigenvalue weighted by molar-refractivity contribution is 0.104. The summed E-state index contributed by atoms with van der Waals surface area (Å²) in [7, 11) is 0. The molecule has 0 aromatic heterocycles. The van der Waals surface area contributed by atoms with Crippen LogP contribution in [0.25, 0.3) is 0 Å². The Labute approximate surface area is 136 Å². The van der Waals surface area contributed by atoms with E-state index in [-0.39, 0.29) is 12.6 Å². The maximum atomic E-state index is 12.2. The number of carbonyl (C=O) groups excluding carboxylic acids is 2. The van der Waals surface area contributed by atoms with Crippen molar-refractivity contribution in [2.75, 3.05) is 44.6 Å². The molecule has 0 radical (unpaired) electrons. The average molecular weight is 321 g/mol. The van der Waals surface area contributed by atoms with Crippen molar-refractivity contribution >= 4 is 17.9 Å². The number of nitrogens with zero attached hydrogens (tertiary/aromatic N) is 2. The first kappa shape index (κ1) is 17.1. The van der Waals surface area contributed by atoms with Crippen molar-refractivity contribution in [1.29, 1.82) is 0 Å². The molecule has 2 rings (SSSR count). The van der Waals surface area contributed by atoms with E-state index in [2.05, 4.69) is 17.1 Å². The van der Waals surface area contributed by atoms with Crippen molar-refractivity contribution in [1.82, 2.24) is 9.80 Å². The number of hydrogen-bond acceptors (Lipinski definition) is 5. The molecular weight excluding hydrogens is 298 g/mol. The van der Waals surface area contributed by atoms with Crippen molar-refractivity contribution in [3.8, 4) is 5.75 Å². The molecule has 23 heavy (non-hydrogen) atoms. The van der Waals surface area contributed by atoms with Gasteiger partial charge in [-0.1, -0.05) is 6.92 Å². The minimum absolute atomic E-state index is 0.111. The highest BCUT2D eigenvalue weighted by Gasteiger charge is 2.20. The highest BCUT2D eigenvalue weighted by atomic mass is 16.7. The van der Waals surface area contributed by atoms with Gasteiger partial charge in [-0.25, -0.2) is 9.59 Å². The van der Waals surface area contributed by atoms with Crippen molar-refractivity contribution in [3.63, 3.8) is 0 Å². The van der Waals surface area contributed by atoms with E-state index in [0.29, 0.717) is 11.4 Å². The smallest absolute Gasteiger partial charge is 0.434 e. The molecule has 0 saturated carbocycles. The fraction of sp³-hybridized carbons (Fsp3) is 0.500. The summed E-state index contributed by atoms with van der Waals surface area (Å²) in [5.74, 6) is 0.373. The zero-order valence-electron chi connectivity index (χ0n) is 13.6. The standard InChI is InChI=1S/C16H23N3O4/c1-3-18-9-11-19(12-10-18)15(20)17-13-5-7-14(8-6-13)23-16(21)22-4-2/h5-8H,3-4,9-12H2,1-2H3,(H,17,20). The predicted molar refractivity (Wildman–Crippen MR) is 86.8 cm³/mol. The van der Waals surface area contributed by atoms with Gasteiger partial charge in [0.05, 0.1) is 6.61 Å². The molecule has 1 heterocycles. The third-order valence-electron chi connectivity index (χ3n) is 3.68. The lowest BCUT2D eigenvalue weighted by atomic mass is 10.3. The topological polar surface area (TPSA) is 71.1 Å². The Morgan fingerprint density at radius 2 is 1.74 bits per heavy atom. The van der Waals surface area contributed by atoms with E-state index in [9.17, 15) is 9.59 Å². The Morgan fingerprint density at radius 1 is 1.09 bits per heavy atom. The molecule has 0 aliphatic carbocycles. The zero-order chi connectivity index (χ0) is 16.7. The van der Waals surface area contributed by atoms with Gasteiger partial charge in [0.15, 0.2) is 0 Å². The summed E-state index contributed by atoms with van der Waals surface area (Å²) in [6.45, 7) is 8.35. The number of urea groups is 1. The number of anilines is 1. The van der Waals surface area contributed by atoms with Crippen LogP contribution in [-0.2, 0) is 4.74 Å². The van der Waals surface area contributed by atoms with E-state index in [1.807, 2.05) is 0 Å². The predicted octanol–water partition coefficient (Wildman–Crippen LogP) is 2.39. The molecule has 1 aliphatic heterocycles. The minimum Gasteiger partial charge on any atom is -0.434 e. The van der Waals surface area contributed by atoms with E-state index in [0.717, 1.165) is 32.7 Å². The lowest BCUT2D eigenvalue weighted by Gasteiger charge is -2.33. The molecule has 0 bridgehead atoms. The first-order chi connectivity index (χ1) is 11.1. The first-order valence-electron chi connectivity index (χ1n) is 7.85. The number of benzene rings is 1. The van der Waals surface area contributed by atoms with Crippen LogP contribution >= 0.6 is 0 Å². The van der Waals surface area contributed by atoms with Crippen molar-refractivity contribution in [2.45, 2.75) is 13.8 Å². The number of piperazine rings is 1. The maximum Gasteiger partial charge on any atom is 0.513 e. The van der Waals surface area contributed by atoms with Gasteiger partial charge >= 0.3 is 12.2 Å². The summed E-state index contributed by atoms with van der Waals surface area (Å²) in [5, 5.41) is 2.85. The molecule has 0 atom stereocenters. The molecule has 1 saturated heterocycles. The van der Waals surface area contributed by atoms with Crippen LogP contribution in [0.4, 0.5) is 15.3 Å². The molecule has 7 nitrogen and oxygen atoms in total. The van der Waals surface area contributed by atoms with Crippen LogP contribution < -0.4 is 10.1 Å². The van der Waals surface area contributed by atoms with Gasteiger partial charge in [-0.2, -0.15) is 0 Å². The molecule has 126 valence electrons. The second kappa shape index (κ2) is 8.38. The van der Waals surface area contributed by atoms with E-state index < -0.39 is 6.16 Å². The van der Waals surface area contributed by atoms with Crippen molar-refractivity contribution in [3.05, 3.63) is 24.3 Å². The number of amides is 2.